The molecular weight excluding hydrogens is 230 g/mol. The van der Waals surface area contributed by atoms with Gasteiger partial charge in [0, 0.05) is 12.6 Å². The highest BCUT2D eigenvalue weighted by molar-refractivity contribution is 7.90. The molecule has 0 aromatic carbocycles. The van der Waals surface area contributed by atoms with Crippen LogP contribution in [0.5, 0.6) is 0 Å². The summed E-state index contributed by atoms with van der Waals surface area (Å²) in [7, 11) is -3.40. The fourth-order valence-electron chi connectivity index (χ4n) is 1.42. The molecule has 0 heterocycles. The Balaban J connectivity index is 2.82. The first-order valence-corrected chi connectivity index (χ1v) is 6.83. The molecule has 0 atom stereocenters. The molecule has 1 aliphatic rings. The zero-order valence-electron chi connectivity index (χ0n) is 9.93. The van der Waals surface area contributed by atoms with E-state index < -0.39 is 20.7 Å². The van der Waals surface area contributed by atoms with Gasteiger partial charge in [0.05, 0.1) is 11.2 Å². The van der Waals surface area contributed by atoms with E-state index in [1.807, 2.05) is 0 Å². The molecule has 94 valence electrons. The first-order valence-electron chi connectivity index (χ1n) is 5.39. The van der Waals surface area contributed by atoms with E-state index >= 15 is 0 Å². The largest absolute Gasteiger partial charge is 0.481 e. The second kappa shape index (κ2) is 4.33. The maximum absolute atomic E-state index is 12.2. The van der Waals surface area contributed by atoms with Crippen LogP contribution in [0, 0.1) is 0 Å². The quantitative estimate of drug-likeness (QED) is 0.790. The van der Waals surface area contributed by atoms with Gasteiger partial charge in [0.1, 0.15) is 0 Å². The van der Waals surface area contributed by atoms with Crippen molar-refractivity contribution < 1.29 is 18.3 Å². The molecule has 1 saturated carbocycles. The third kappa shape index (κ3) is 2.95. The highest BCUT2D eigenvalue weighted by Gasteiger charge is 2.43. The number of carboxylic acids is 1. The zero-order valence-corrected chi connectivity index (χ0v) is 10.7. The standard InChI is InChI=1S/C10H19NO4S/c1-10(2,3)16(14,15)11(8-4-5-8)7-6-9(12)13/h8H,4-7H2,1-3H3,(H,12,13). The Morgan fingerprint density at radius 1 is 1.38 bits per heavy atom. The van der Waals surface area contributed by atoms with Gasteiger partial charge in [-0.15, -0.1) is 0 Å². The minimum Gasteiger partial charge on any atom is -0.481 e. The molecule has 0 bridgehead atoms. The molecular formula is C10H19NO4S. The fraction of sp³-hybridized carbons (Fsp3) is 0.900. The molecule has 1 N–H and O–H groups in total. The van der Waals surface area contributed by atoms with Crippen molar-refractivity contribution in [3.05, 3.63) is 0 Å². The van der Waals surface area contributed by atoms with Crippen LogP contribution in [0.2, 0.25) is 0 Å². The maximum atomic E-state index is 12.2. The second-order valence-electron chi connectivity index (χ2n) is 5.10. The van der Waals surface area contributed by atoms with Gasteiger partial charge in [-0.25, -0.2) is 8.42 Å². The number of hydrogen-bond donors (Lipinski definition) is 1. The molecule has 0 radical (unpaired) electrons. The fourth-order valence-corrected chi connectivity index (χ4v) is 3.06. The third-order valence-corrected chi connectivity index (χ3v) is 5.23. The van der Waals surface area contributed by atoms with Crippen molar-refractivity contribution in [2.45, 2.75) is 50.8 Å². The number of aliphatic carboxylic acids is 1. The monoisotopic (exact) mass is 249 g/mol. The van der Waals surface area contributed by atoms with Crippen LogP contribution in [-0.4, -0.2) is 41.1 Å². The van der Waals surface area contributed by atoms with E-state index in [1.54, 1.807) is 20.8 Å². The van der Waals surface area contributed by atoms with Crippen molar-refractivity contribution in [2.24, 2.45) is 0 Å². The molecule has 0 aliphatic heterocycles. The van der Waals surface area contributed by atoms with Gasteiger partial charge < -0.3 is 5.11 Å². The summed E-state index contributed by atoms with van der Waals surface area (Å²) in [6.07, 6.45) is 1.55. The van der Waals surface area contributed by atoms with Gasteiger partial charge in [0.15, 0.2) is 0 Å². The van der Waals surface area contributed by atoms with Crippen LogP contribution in [0.25, 0.3) is 0 Å². The van der Waals surface area contributed by atoms with Gasteiger partial charge in [-0.05, 0) is 33.6 Å². The summed E-state index contributed by atoms with van der Waals surface area (Å²) in [5.41, 5.74) is 0. The first-order chi connectivity index (χ1) is 7.16. The van der Waals surface area contributed by atoms with Crippen LogP contribution in [-0.2, 0) is 14.8 Å². The number of sulfonamides is 1. The molecule has 0 aromatic rings. The van der Waals surface area contributed by atoms with Crippen LogP contribution in [0.3, 0.4) is 0 Å². The lowest BCUT2D eigenvalue weighted by Gasteiger charge is -2.29. The van der Waals surface area contributed by atoms with Crippen molar-refractivity contribution in [2.75, 3.05) is 6.54 Å². The molecule has 0 spiro atoms. The SMILES string of the molecule is CC(C)(C)S(=O)(=O)N(CCC(=O)O)C1CC1. The number of carboxylic acid groups (broad SMARTS) is 1. The molecule has 1 fully saturated rings. The predicted molar refractivity (Wildman–Crippen MR) is 60.7 cm³/mol. The summed E-state index contributed by atoms with van der Waals surface area (Å²) in [4.78, 5) is 10.5. The normalized spacial score (nSPS) is 17.8. The number of nitrogens with zero attached hydrogens (tertiary/aromatic N) is 1. The number of carbonyl (C=O) groups is 1. The summed E-state index contributed by atoms with van der Waals surface area (Å²) in [5, 5.41) is 8.61. The van der Waals surface area contributed by atoms with Crippen molar-refractivity contribution in [1.82, 2.24) is 4.31 Å². The van der Waals surface area contributed by atoms with Crippen LogP contribution in [0.15, 0.2) is 0 Å². The average Bonchev–Trinajstić information content (AvgIpc) is 2.85. The molecule has 1 rings (SSSR count). The molecule has 6 heteroatoms. The second-order valence-corrected chi connectivity index (χ2v) is 7.75. The van der Waals surface area contributed by atoms with Crippen molar-refractivity contribution in [3.63, 3.8) is 0 Å². The van der Waals surface area contributed by atoms with Crippen LogP contribution in [0.4, 0.5) is 0 Å². The van der Waals surface area contributed by atoms with E-state index in [9.17, 15) is 13.2 Å². The molecule has 0 unspecified atom stereocenters. The Hall–Kier alpha value is -0.620. The highest BCUT2D eigenvalue weighted by atomic mass is 32.2. The van der Waals surface area contributed by atoms with Gasteiger partial charge in [0.2, 0.25) is 10.0 Å². The Kier molecular flexibility index (Phi) is 3.64. The van der Waals surface area contributed by atoms with E-state index in [2.05, 4.69) is 0 Å². The van der Waals surface area contributed by atoms with Gasteiger partial charge in [-0.2, -0.15) is 4.31 Å². The lowest BCUT2D eigenvalue weighted by molar-refractivity contribution is -0.137. The Morgan fingerprint density at radius 3 is 2.19 bits per heavy atom. The number of rotatable bonds is 5. The maximum Gasteiger partial charge on any atom is 0.304 e. The van der Waals surface area contributed by atoms with Crippen LogP contribution >= 0.6 is 0 Å². The van der Waals surface area contributed by atoms with Gasteiger partial charge >= 0.3 is 5.97 Å². The summed E-state index contributed by atoms with van der Waals surface area (Å²) in [5.74, 6) is -0.963. The summed E-state index contributed by atoms with van der Waals surface area (Å²) < 4.78 is 24.9. The topological polar surface area (TPSA) is 74.7 Å². The molecule has 5 nitrogen and oxygen atoms in total. The summed E-state index contributed by atoms with van der Waals surface area (Å²) in [6, 6.07) is 0.0172. The minimum atomic E-state index is -3.40. The zero-order chi connectivity index (χ0) is 12.6. The average molecular weight is 249 g/mol. The predicted octanol–water partition coefficient (Wildman–Crippen LogP) is 1.05. The minimum absolute atomic E-state index is 0.0172. The molecule has 1 aliphatic carbocycles. The van der Waals surface area contributed by atoms with E-state index in [0.29, 0.717) is 0 Å². The molecule has 0 aromatic heterocycles. The van der Waals surface area contributed by atoms with Crippen molar-refractivity contribution >= 4 is 16.0 Å². The lowest BCUT2D eigenvalue weighted by Crippen LogP contribution is -2.45. The lowest BCUT2D eigenvalue weighted by atomic mass is 10.3. The van der Waals surface area contributed by atoms with Crippen LogP contribution < -0.4 is 0 Å². The van der Waals surface area contributed by atoms with E-state index in [1.165, 1.54) is 4.31 Å². The summed E-state index contributed by atoms with van der Waals surface area (Å²) in [6.45, 7) is 5.00. The number of hydrogen-bond acceptors (Lipinski definition) is 3. The Labute approximate surface area is 96.5 Å². The van der Waals surface area contributed by atoms with Crippen molar-refractivity contribution in [1.29, 1.82) is 0 Å². The van der Waals surface area contributed by atoms with E-state index in [0.717, 1.165) is 12.8 Å². The van der Waals surface area contributed by atoms with Gasteiger partial charge in [-0.1, -0.05) is 0 Å². The van der Waals surface area contributed by atoms with Crippen molar-refractivity contribution in [3.8, 4) is 0 Å². The molecule has 0 saturated heterocycles. The van der Waals surface area contributed by atoms with E-state index in [4.69, 9.17) is 5.11 Å². The van der Waals surface area contributed by atoms with Crippen LogP contribution in [0.1, 0.15) is 40.0 Å². The smallest absolute Gasteiger partial charge is 0.304 e. The first kappa shape index (κ1) is 13.4. The third-order valence-electron chi connectivity index (χ3n) is 2.58. The highest BCUT2D eigenvalue weighted by Crippen LogP contribution is 2.33. The Bertz CT molecular complexity index is 365. The van der Waals surface area contributed by atoms with Gasteiger partial charge in [0.25, 0.3) is 0 Å². The Morgan fingerprint density at radius 2 is 1.88 bits per heavy atom. The molecule has 16 heavy (non-hydrogen) atoms. The summed E-state index contributed by atoms with van der Waals surface area (Å²) >= 11 is 0. The molecule has 0 amide bonds. The van der Waals surface area contributed by atoms with Gasteiger partial charge in [-0.3, -0.25) is 4.79 Å². The van der Waals surface area contributed by atoms with E-state index in [-0.39, 0.29) is 19.0 Å².